The molecule has 2 aromatic carbocycles. The van der Waals surface area contributed by atoms with Gasteiger partial charge >= 0.3 is 5.97 Å². The third kappa shape index (κ3) is 5.57. The Morgan fingerprint density at radius 3 is 2.52 bits per heavy atom. The number of hydrogen-bond donors (Lipinski definition) is 2. The highest BCUT2D eigenvalue weighted by Gasteiger charge is 2.36. The summed E-state index contributed by atoms with van der Waals surface area (Å²) in [5, 5.41) is 19.0. The number of nitrogens with zero attached hydrogens (tertiary/aromatic N) is 1. The van der Waals surface area contributed by atoms with Crippen LogP contribution in [0.4, 0.5) is 0 Å². The molecule has 2 atom stereocenters. The molecule has 176 valence electrons. The molecule has 1 aliphatic rings. The maximum absolute atomic E-state index is 13.1. The summed E-state index contributed by atoms with van der Waals surface area (Å²) in [4.78, 5) is 26.8. The van der Waals surface area contributed by atoms with Crippen LogP contribution in [0.5, 0.6) is 17.2 Å². The number of aromatic hydroxyl groups is 1. The summed E-state index contributed by atoms with van der Waals surface area (Å²) in [6.07, 6.45) is 1.16. The molecule has 2 unspecified atom stereocenters. The van der Waals surface area contributed by atoms with E-state index in [9.17, 15) is 24.4 Å². The van der Waals surface area contributed by atoms with Crippen LogP contribution in [0.15, 0.2) is 39.3 Å². The quantitative estimate of drug-likeness (QED) is 0.325. The van der Waals surface area contributed by atoms with Crippen LogP contribution in [0, 0.1) is 0 Å². The second kappa shape index (κ2) is 10.5. The molecule has 3 rings (SSSR count). The summed E-state index contributed by atoms with van der Waals surface area (Å²) in [6, 6.07) is 6.70. The minimum absolute atomic E-state index is 0.000603. The molecule has 8 nitrogen and oxygen atoms in total. The van der Waals surface area contributed by atoms with E-state index in [2.05, 4.69) is 31.9 Å². The third-order valence-electron chi connectivity index (χ3n) is 5.21. The lowest BCUT2D eigenvalue weighted by Gasteiger charge is -2.23. The van der Waals surface area contributed by atoms with Gasteiger partial charge in [0.15, 0.2) is 19.6 Å². The van der Waals surface area contributed by atoms with Gasteiger partial charge in [-0.15, -0.1) is 0 Å². The van der Waals surface area contributed by atoms with Gasteiger partial charge in [0.05, 0.1) is 21.1 Å². The number of aliphatic hydroxyl groups is 1. The van der Waals surface area contributed by atoms with Crippen LogP contribution in [-0.2, 0) is 19.4 Å². The lowest BCUT2D eigenvalue weighted by molar-refractivity contribution is -0.147. The van der Waals surface area contributed by atoms with Gasteiger partial charge < -0.3 is 24.6 Å². The first kappa shape index (κ1) is 25.6. The van der Waals surface area contributed by atoms with Gasteiger partial charge in [-0.05, 0) is 94.4 Å². The van der Waals surface area contributed by atoms with Gasteiger partial charge in [0.1, 0.15) is 17.5 Å². The van der Waals surface area contributed by atoms with Crippen LogP contribution in [0.2, 0.25) is 0 Å². The summed E-state index contributed by atoms with van der Waals surface area (Å²) < 4.78 is 23.2. The molecular formula is C22H22Br2NO7P. The number of halogens is 2. The highest BCUT2D eigenvalue weighted by atomic mass is 79.9. The molecule has 1 aliphatic heterocycles. The number of phenols is 1. The molecule has 2 aromatic rings. The summed E-state index contributed by atoms with van der Waals surface area (Å²) >= 11 is 6.77. The Morgan fingerprint density at radius 1 is 1.24 bits per heavy atom. The Bertz CT molecular complexity index is 1070. The van der Waals surface area contributed by atoms with E-state index in [-0.39, 0.29) is 23.7 Å². The smallest absolute Gasteiger partial charge is 0.328 e. The zero-order chi connectivity index (χ0) is 24.3. The zero-order valence-electron chi connectivity index (χ0n) is 17.9. The van der Waals surface area contributed by atoms with Gasteiger partial charge in [0, 0.05) is 6.54 Å². The molecule has 2 N–H and O–H groups in total. The number of amides is 1. The van der Waals surface area contributed by atoms with E-state index in [1.54, 1.807) is 19.1 Å². The Balaban J connectivity index is 1.89. The molecular weight excluding hydrogens is 581 g/mol. The number of benzene rings is 2. The minimum Gasteiger partial charge on any atom is -0.507 e. The van der Waals surface area contributed by atoms with Gasteiger partial charge in [-0.1, -0.05) is 0 Å². The molecule has 1 amide bonds. The number of likely N-dealkylation sites (tertiary alicyclic amines) is 1. The molecule has 1 heterocycles. The fourth-order valence-corrected chi connectivity index (χ4v) is 5.08. The maximum Gasteiger partial charge on any atom is 0.328 e. The van der Waals surface area contributed by atoms with Crippen LogP contribution >= 0.6 is 40.3 Å². The molecule has 0 saturated carbocycles. The van der Waals surface area contributed by atoms with Crippen molar-refractivity contribution < 1.29 is 33.8 Å². The lowest BCUT2D eigenvalue weighted by atomic mass is 10.1. The van der Waals surface area contributed by atoms with Crippen molar-refractivity contribution in [1.82, 2.24) is 4.90 Å². The molecule has 1 fully saturated rings. The molecule has 0 spiro atoms. The van der Waals surface area contributed by atoms with Crippen LogP contribution in [-0.4, -0.2) is 46.2 Å². The van der Waals surface area contributed by atoms with Gasteiger partial charge in [-0.3, -0.25) is 9.36 Å². The normalized spacial score (nSPS) is 17.6. The van der Waals surface area contributed by atoms with E-state index in [4.69, 9.17) is 9.47 Å². The van der Waals surface area contributed by atoms with Gasteiger partial charge in [-0.25, -0.2) is 4.79 Å². The summed E-state index contributed by atoms with van der Waals surface area (Å²) in [5.41, 5.74) is 0.395. The number of ether oxygens (including phenoxy) is 2. The summed E-state index contributed by atoms with van der Waals surface area (Å²) in [5.74, 6) is -0.567. The fourth-order valence-electron chi connectivity index (χ4n) is 3.50. The van der Waals surface area contributed by atoms with Crippen LogP contribution in [0.3, 0.4) is 0 Å². The maximum atomic E-state index is 13.1. The van der Waals surface area contributed by atoms with Crippen molar-refractivity contribution in [2.45, 2.75) is 38.1 Å². The number of rotatable bonds is 7. The number of phenolic OH excluding ortho intramolecular Hbond substituents is 1. The van der Waals surface area contributed by atoms with Crippen molar-refractivity contribution in [2.75, 3.05) is 13.2 Å². The highest BCUT2D eigenvalue weighted by Crippen LogP contribution is 2.43. The summed E-state index contributed by atoms with van der Waals surface area (Å²) in [7, 11) is -0.456. The number of carbonyl (C=O) groups is 2. The predicted octanol–water partition coefficient (Wildman–Crippen LogP) is 5.33. The lowest BCUT2D eigenvalue weighted by Crippen LogP contribution is -2.41. The average Bonchev–Trinajstić information content (AvgIpc) is 3.27. The van der Waals surface area contributed by atoms with Gasteiger partial charge in [-0.2, -0.15) is 0 Å². The van der Waals surface area contributed by atoms with Crippen molar-refractivity contribution in [3.8, 4) is 17.2 Å². The van der Waals surface area contributed by atoms with Crippen molar-refractivity contribution in [1.29, 1.82) is 0 Å². The second-order valence-corrected chi connectivity index (χ2v) is 10.3. The van der Waals surface area contributed by atoms with Crippen molar-refractivity contribution in [2.24, 2.45) is 0 Å². The highest BCUT2D eigenvalue weighted by molar-refractivity contribution is 9.11. The minimum atomic E-state index is -1.58. The first-order valence-electron chi connectivity index (χ1n) is 10.1. The number of hydrogen-bond acceptors (Lipinski definition) is 7. The third-order valence-corrected chi connectivity index (χ3v) is 7.01. The molecule has 0 aromatic heterocycles. The Morgan fingerprint density at radius 2 is 1.91 bits per heavy atom. The van der Waals surface area contributed by atoms with Crippen molar-refractivity contribution >= 4 is 52.2 Å². The van der Waals surface area contributed by atoms with Gasteiger partial charge in [0.25, 0.3) is 5.91 Å². The zero-order valence-corrected chi connectivity index (χ0v) is 21.9. The largest absolute Gasteiger partial charge is 0.507 e. The van der Waals surface area contributed by atoms with Crippen LogP contribution < -0.4 is 4.74 Å². The van der Waals surface area contributed by atoms with Crippen LogP contribution in [0.1, 0.15) is 42.6 Å². The van der Waals surface area contributed by atoms with Gasteiger partial charge in [0.2, 0.25) is 0 Å². The standard InChI is InChI=1S/C22H22Br2NO7P/c1-3-31-21(28)17-5-4-8-25(17)20(27)14-11-13(6-7-18(14)26)32-19-15(23)9-12(10-16(19)24)22(2,29)33-30/h6-7,9-11,17,26,29H,3-5,8H2,1-2H3. The van der Waals surface area contributed by atoms with Crippen molar-refractivity contribution in [3.05, 3.63) is 50.4 Å². The molecule has 0 aliphatic carbocycles. The van der Waals surface area contributed by atoms with Crippen LogP contribution in [0.25, 0.3) is 0 Å². The number of esters is 1. The molecule has 0 bridgehead atoms. The summed E-state index contributed by atoms with van der Waals surface area (Å²) in [6.45, 7) is 3.72. The van der Waals surface area contributed by atoms with Crippen molar-refractivity contribution in [3.63, 3.8) is 0 Å². The molecule has 0 radical (unpaired) electrons. The topological polar surface area (TPSA) is 113 Å². The van der Waals surface area contributed by atoms with E-state index in [1.165, 1.54) is 30.0 Å². The molecule has 33 heavy (non-hydrogen) atoms. The average molecular weight is 603 g/mol. The molecule has 11 heteroatoms. The Hall–Kier alpha value is -2.00. The predicted molar refractivity (Wildman–Crippen MR) is 128 cm³/mol. The Kier molecular flexibility index (Phi) is 8.16. The van der Waals surface area contributed by atoms with E-state index in [0.717, 1.165) is 0 Å². The first-order chi connectivity index (χ1) is 15.6. The van der Waals surface area contributed by atoms with E-state index in [0.29, 0.717) is 39.6 Å². The Labute approximate surface area is 209 Å². The number of carbonyl (C=O) groups excluding carboxylic acids is 2. The first-order valence-corrected chi connectivity index (χ1v) is 12.5. The SMILES string of the molecule is CCOC(=O)C1CCCN1C(=O)c1cc(Oc2c(Br)cc(C(C)(O)P=O)cc2Br)ccc1O. The van der Waals surface area contributed by atoms with E-state index < -0.39 is 31.7 Å². The van der Waals surface area contributed by atoms with E-state index >= 15 is 0 Å². The molecule has 1 saturated heterocycles. The fraction of sp³-hybridized carbons (Fsp3) is 0.364. The second-order valence-electron chi connectivity index (χ2n) is 7.57. The monoisotopic (exact) mass is 601 g/mol. The van der Waals surface area contributed by atoms with E-state index in [1.807, 2.05) is 0 Å².